The maximum atomic E-state index is 6.47. The molecule has 0 amide bonds. The molecule has 13 heavy (non-hydrogen) atoms. The molecule has 0 aromatic rings. The molecule has 0 aliphatic rings. The van der Waals surface area contributed by atoms with Gasteiger partial charge in [0, 0.05) is 6.54 Å². The minimum atomic E-state index is 0.775. The lowest BCUT2D eigenvalue weighted by Crippen LogP contribution is -2.13. The average Bonchev–Trinajstić information content (AvgIpc) is 2.14. The molecule has 0 heterocycles. The molecule has 0 saturated heterocycles. The standard InChI is InChI=1S/C8H17N3.ClHO/c1-4-9-8-10-6-5-7-11(2)3;1-2/h4-7H2,1-3H3;2H. The van der Waals surface area contributed by atoms with Crippen LogP contribution in [0.25, 0.3) is 0 Å². The molecule has 0 atom stereocenters. The molecule has 0 rings (SSSR count). The fraction of sp³-hybridized carbons (Fsp3) is 0.875. The van der Waals surface area contributed by atoms with Crippen LogP contribution in [-0.4, -0.2) is 49.3 Å². The zero-order chi connectivity index (χ0) is 10.5. The van der Waals surface area contributed by atoms with Crippen molar-refractivity contribution in [2.75, 3.05) is 33.7 Å². The molecule has 1 N–H and O–H groups in total. The van der Waals surface area contributed by atoms with Crippen LogP contribution >= 0.6 is 11.9 Å². The predicted molar refractivity (Wildman–Crippen MR) is 56.5 cm³/mol. The van der Waals surface area contributed by atoms with Crippen LogP contribution in [0.1, 0.15) is 13.3 Å². The summed E-state index contributed by atoms with van der Waals surface area (Å²) in [5.74, 6) is 0. The smallest absolute Gasteiger partial charge is 0.0892 e. The van der Waals surface area contributed by atoms with Crippen LogP contribution in [0.5, 0.6) is 0 Å². The molecule has 0 unspecified atom stereocenters. The number of nitrogens with zero attached hydrogens (tertiary/aromatic N) is 3. The highest BCUT2D eigenvalue weighted by molar-refractivity contribution is 6.04. The average molecular weight is 208 g/mol. The Bertz CT molecular complexity index is 144. The normalized spacial score (nSPS) is 8.46. The first-order valence-corrected chi connectivity index (χ1v) is 4.50. The summed E-state index contributed by atoms with van der Waals surface area (Å²) in [5, 5.41) is 0. The van der Waals surface area contributed by atoms with Gasteiger partial charge in [0.1, 0.15) is 0 Å². The summed E-state index contributed by atoms with van der Waals surface area (Å²) in [6, 6.07) is 2.64. The van der Waals surface area contributed by atoms with E-state index in [9.17, 15) is 0 Å². The van der Waals surface area contributed by atoms with E-state index < -0.39 is 0 Å². The molecule has 0 saturated carbocycles. The van der Waals surface area contributed by atoms with Crippen molar-refractivity contribution >= 4 is 17.9 Å². The van der Waals surface area contributed by atoms with Gasteiger partial charge in [0.15, 0.2) is 0 Å². The zero-order valence-corrected chi connectivity index (χ0v) is 9.25. The van der Waals surface area contributed by atoms with E-state index in [1.165, 1.54) is 0 Å². The van der Waals surface area contributed by atoms with Gasteiger partial charge in [-0.3, -0.25) is 4.66 Å². The first kappa shape index (κ1) is 15.1. The van der Waals surface area contributed by atoms with Crippen molar-refractivity contribution in [2.24, 2.45) is 9.98 Å². The Labute approximate surface area is 85.1 Å². The van der Waals surface area contributed by atoms with Gasteiger partial charge in [0.05, 0.1) is 24.4 Å². The van der Waals surface area contributed by atoms with Gasteiger partial charge < -0.3 is 4.90 Å². The van der Waals surface area contributed by atoms with Gasteiger partial charge in [0.2, 0.25) is 0 Å². The minimum absolute atomic E-state index is 0.775. The fourth-order valence-corrected chi connectivity index (χ4v) is 0.637. The van der Waals surface area contributed by atoms with Crippen molar-refractivity contribution in [1.82, 2.24) is 4.90 Å². The summed E-state index contributed by atoms with van der Waals surface area (Å²) in [6.07, 6.45) is 1.08. The fourth-order valence-electron chi connectivity index (χ4n) is 0.637. The van der Waals surface area contributed by atoms with Gasteiger partial charge in [-0.05, 0) is 34.0 Å². The van der Waals surface area contributed by atoms with Crippen molar-refractivity contribution in [2.45, 2.75) is 13.3 Å². The second-order valence-electron chi connectivity index (χ2n) is 2.61. The Kier molecular flexibility index (Phi) is 16.4. The Morgan fingerprint density at radius 3 is 2.38 bits per heavy atom. The Balaban J connectivity index is 0. The van der Waals surface area contributed by atoms with Gasteiger partial charge in [-0.15, -0.1) is 0 Å². The summed E-state index contributed by atoms with van der Waals surface area (Å²) >= 11 is 3.64. The summed E-state index contributed by atoms with van der Waals surface area (Å²) in [4.78, 5) is 9.99. The van der Waals surface area contributed by atoms with Crippen LogP contribution in [0.3, 0.4) is 0 Å². The summed E-state index contributed by atoms with van der Waals surface area (Å²) in [5.41, 5.74) is 0. The van der Waals surface area contributed by atoms with Crippen LogP contribution < -0.4 is 0 Å². The molecule has 0 spiro atoms. The van der Waals surface area contributed by atoms with Gasteiger partial charge >= 0.3 is 0 Å². The quantitative estimate of drug-likeness (QED) is 0.545. The van der Waals surface area contributed by atoms with Crippen LogP contribution in [0.15, 0.2) is 9.98 Å². The highest BCUT2D eigenvalue weighted by atomic mass is 35.5. The van der Waals surface area contributed by atoms with E-state index >= 15 is 0 Å². The van der Waals surface area contributed by atoms with Crippen LogP contribution in [0.2, 0.25) is 0 Å². The van der Waals surface area contributed by atoms with E-state index in [0.717, 1.165) is 26.1 Å². The molecule has 0 aromatic heterocycles. The van der Waals surface area contributed by atoms with Crippen molar-refractivity contribution in [3.05, 3.63) is 0 Å². The van der Waals surface area contributed by atoms with Crippen molar-refractivity contribution in [3.63, 3.8) is 0 Å². The van der Waals surface area contributed by atoms with Gasteiger partial charge in [-0.2, -0.15) is 0 Å². The molecular weight excluding hydrogens is 190 g/mol. The molecule has 0 radical (unpaired) electrons. The van der Waals surface area contributed by atoms with E-state index in [1.54, 1.807) is 0 Å². The second-order valence-corrected chi connectivity index (χ2v) is 2.61. The summed E-state index contributed by atoms with van der Waals surface area (Å²) in [7, 11) is 4.12. The Hall–Kier alpha value is -0.410. The molecule has 0 aliphatic carbocycles. The molecule has 0 aliphatic heterocycles. The van der Waals surface area contributed by atoms with Gasteiger partial charge in [-0.25, -0.2) is 9.98 Å². The van der Waals surface area contributed by atoms with Crippen molar-refractivity contribution in [3.8, 4) is 0 Å². The third-order valence-electron chi connectivity index (χ3n) is 1.17. The largest absolute Gasteiger partial charge is 0.309 e. The van der Waals surface area contributed by atoms with E-state index in [0.29, 0.717) is 0 Å². The van der Waals surface area contributed by atoms with Crippen LogP contribution in [-0.2, 0) is 0 Å². The molecule has 0 aromatic carbocycles. The van der Waals surface area contributed by atoms with Gasteiger partial charge in [0.25, 0.3) is 0 Å². The van der Waals surface area contributed by atoms with E-state index in [1.807, 2.05) is 6.92 Å². The predicted octanol–water partition coefficient (Wildman–Crippen LogP) is 1.26. The zero-order valence-electron chi connectivity index (χ0n) is 8.50. The second kappa shape index (κ2) is 14.1. The van der Waals surface area contributed by atoms with Crippen LogP contribution in [0.4, 0.5) is 0 Å². The van der Waals surface area contributed by atoms with E-state index in [4.69, 9.17) is 4.66 Å². The maximum absolute atomic E-state index is 6.47. The lowest BCUT2D eigenvalue weighted by atomic mass is 10.4. The third kappa shape index (κ3) is 18.5. The van der Waals surface area contributed by atoms with Gasteiger partial charge in [-0.1, -0.05) is 0 Å². The topological polar surface area (TPSA) is 48.2 Å². The van der Waals surface area contributed by atoms with E-state index in [2.05, 4.69) is 46.9 Å². The number of halogens is 1. The monoisotopic (exact) mass is 207 g/mol. The lowest BCUT2D eigenvalue weighted by Gasteiger charge is -2.05. The van der Waals surface area contributed by atoms with E-state index in [-0.39, 0.29) is 0 Å². The summed E-state index contributed by atoms with van der Waals surface area (Å²) < 4.78 is 6.47. The van der Waals surface area contributed by atoms with Crippen molar-refractivity contribution < 1.29 is 4.66 Å². The summed E-state index contributed by atoms with van der Waals surface area (Å²) in [6.45, 7) is 4.67. The SMILES string of the molecule is CCN=C=NCCCN(C)C.OCl. The van der Waals surface area contributed by atoms with Crippen LogP contribution in [0, 0.1) is 0 Å². The first-order valence-electron chi connectivity index (χ1n) is 4.17. The molecule has 0 fully saturated rings. The first-order chi connectivity index (χ1) is 6.27. The molecular formula is C8H18ClN3O. The maximum Gasteiger partial charge on any atom is 0.0892 e. The lowest BCUT2D eigenvalue weighted by molar-refractivity contribution is 0.403. The molecule has 4 nitrogen and oxygen atoms in total. The Morgan fingerprint density at radius 1 is 1.31 bits per heavy atom. The third-order valence-corrected chi connectivity index (χ3v) is 1.17. The molecule has 0 bridgehead atoms. The number of hydrogen-bond donors (Lipinski definition) is 1. The highest BCUT2D eigenvalue weighted by Crippen LogP contribution is 1.82. The number of hydrogen-bond acceptors (Lipinski definition) is 4. The Morgan fingerprint density at radius 2 is 1.92 bits per heavy atom. The molecule has 5 heteroatoms. The number of rotatable bonds is 5. The number of aliphatic imine (C=N–C) groups is 2. The highest BCUT2D eigenvalue weighted by Gasteiger charge is 1.86. The van der Waals surface area contributed by atoms with Crippen molar-refractivity contribution in [1.29, 1.82) is 0 Å². The minimum Gasteiger partial charge on any atom is -0.309 e. The molecule has 78 valence electrons.